The van der Waals surface area contributed by atoms with Gasteiger partial charge in [-0.1, -0.05) is 24.3 Å². The highest BCUT2D eigenvalue weighted by atomic mass is 19.1. The Labute approximate surface area is 111 Å². The summed E-state index contributed by atoms with van der Waals surface area (Å²) < 4.78 is 18.6. The van der Waals surface area contributed by atoms with Crippen LogP contribution in [0.5, 0.6) is 5.75 Å². The van der Waals surface area contributed by atoms with Crippen molar-refractivity contribution in [3.05, 3.63) is 65.5 Å². The summed E-state index contributed by atoms with van der Waals surface area (Å²) in [6.07, 6.45) is -0.407. The Balaban J connectivity index is 2.24. The van der Waals surface area contributed by atoms with Crippen LogP contribution in [-0.4, -0.2) is 6.54 Å². The van der Waals surface area contributed by atoms with Crippen LogP contribution in [-0.2, 0) is 0 Å². The summed E-state index contributed by atoms with van der Waals surface area (Å²) in [6, 6.07) is 15.0. The van der Waals surface area contributed by atoms with Crippen LogP contribution >= 0.6 is 0 Å². The van der Waals surface area contributed by atoms with Crippen molar-refractivity contribution in [2.24, 2.45) is 5.73 Å². The van der Waals surface area contributed by atoms with Gasteiger partial charge < -0.3 is 10.5 Å². The van der Waals surface area contributed by atoms with Crippen LogP contribution in [0.1, 0.15) is 17.2 Å². The number of hydrogen-bond donors (Lipinski definition) is 1. The second-order valence-corrected chi connectivity index (χ2v) is 4.00. The third-order valence-electron chi connectivity index (χ3n) is 2.73. The molecule has 2 N–H and O–H groups in total. The Kier molecular flexibility index (Phi) is 4.11. The molecule has 0 amide bonds. The first-order valence-electron chi connectivity index (χ1n) is 5.86. The van der Waals surface area contributed by atoms with Gasteiger partial charge in [-0.05, 0) is 29.8 Å². The van der Waals surface area contributed by atoms with Crippen LogP contribution < -0.4 is 10.5 Å². The van der Waals surface area contributed by atoms with Gasteiger partial charge in [0.25, 0.3) is 0 Å². The molecule has 0 saturated carbocycles. The average molecular weight is 256 g/mol. The molecular weight excluding hydrogens is 243 g/mol. The summed E-state index contributed by atoms with van der Waals surface area (Å²) in [5.74, 6) is 0.168. The molecule has 1 unspecified atom stereocenters. The van der Waals surface area contributed by atoms with E-state index in [0.717, 1.165) is 5.56 Å². The Hall–Kier alpha value is -2.38. The topological polar surface area (TPSA) is 59.0 Å². The highest BCUT2D eigenvalue weighted by Crippen LogP contribution is 2.24. The predicted molar refractivity (Wildman–Crippen MR) is 70.0 cm³/mol. The molecule has 0 aliphatic heterocycles. The van der Waals surface area contributed by atoms with E-state index < -0.39 is 6.10 Å². The molecule has 96 valence electrons. The van der Waals surface area contributed by atoms with Gasteiger partial charge >= 0.3 is 0 Å². The average Bonchev–Trinajstić information content (AvgIpc) is 2.46. The van der Waals surface area contributed by atoms with Crippen molar-refractivity contribution in [2.75, 3.05) is 6.54 Å². The van der Waals surface area contributed by atoms with Gasteiger partial charge in [0, 0.05) is 6.54 Å². The van der Waals surface area contributed by atoms with E-state index in [0.29, 0.717) is 11.3 Å². The van der Waals surface area contributed by atoms with Crippen molar-refractivity contribution < 1.29 is 9.13 Å². The molecule has 0 fully saturated rings. The van der Waals surface area contributed by atoms with Crippen molar-refractivity contribution in [3.8, 4) is 11.8 Å². The SMILES string of the molecule is N#Cc1ccccc1OC(CN)c1ccc(F)cc1. The molecule has 19 heavy (non-hydrogen) atoms. The van der Waals surface area contributed by atoms with Crippen molar-refractivity contribution in [1.82, 2.24) is 0 Å². The molecule has 0 saturated heterocycles. The fourth-order valence-corrected chi connectivity index (χ4v) is 1.74. The Morgan fingerprint density at radius 2 is 1.84 bits per heavy atom. The first kappa shape index (κ1) is 13.1. The number of para-hydroxylation sites is 1. The fraction of sp³-hybridized carbons (Fsp3) is 0.133. The lowest BCUT2D eigenvalue weighted by molar-refractivity contribution is 0.213. The number of hydrogen-bond acceptors (Lipinski definition) is 3. The third-order valence-corrected chi connectivity index (χ3v) is 2.73. The lowest BCUT2D eigenvalue weighted by Gasteiger charge is -2.18. The second-order valence-electron chi connectivity index (χ2n) is 4.00. The van der Waals surface area contributed by atoms with E-state index in [-0.39, 0.29) is 12.4 Å². The molecule has 0 spiro atoms. The van der Waals surface area contributed by atoms with Gasteiger partial charge in [-0.25, -0.2) is 4.39 Å². The van der Waals surface area contributed by atoms with Gasteiger partial charge in [-0.15, -0.1) is 0 Å². The van der Waals surface area contributed by atoms with Gasteiger partial charge in [0.15, 0.2) is 0 Å². The number of nitrogens with two attached hydrogens (primary N) is 1. The number of nitrogens with zero attached hydrogens (tertiary/aromatic N) is 1. The van der Waals surface area contributed by atoms with E-state index in [1.807, 2.05) is 0 Å². The molecule has 0 bridgehead atoms. The highest BCUT2D eigenvalue weighted by molar-refractivity contribution is 5.43. The van der Waals surface area contributed by atoms with Gasteiger partial charge in [-0.2, -0.15) is 5.26 Å². The second kappa shape index (κ2) is 5.98. The number of rotatable bonds is 4. The third kappa shape index (κ3) is 3.09. The lowest BCUT2D eigenvalue weighted by Crippen LogP contribution is -2.18. The zero-order valence-corrected chi connectivity index (χ0v) is 10.2. The molecule has 0 aromatic heterocycles. The summed E-state index contributed by atoms with van der Waals surface area (Å²) in [5.41, 5.74) is 6.90. The van der Waals surface area contributed by atoms with Crippen LogP contribution in [0.4, 0.5) is 4.39 Å². The summed E-state index contributed by atoms with van der Waals surface area (Å²) in [4.78, 5) is 0. The number of halogens is 1. The van der Waals surface area contributed by atoms with E-state index in [1.54, 1.807) is 36.4 Å². The van der Waals surface area contributed by atoms with Gasteiger partial charge in [0.05, 0.1) is 5.56 Å². The number of ether oxygens (including phenoxy) is 1. The first-order chi connectivity index (χ1) is 9.24. The van der Waals surface area contributed by atoms with Crippen molar-refractivity contribution in [2.45, 2.75) is 6.10 Å². The van der Waals surface area contributed by atoms with E-state index in [4.69, 9.17) is 15.7 Å². The molecule has 2 rings (SSSR count). The molecule has 0 heterocycles. The molecular formula is C15H13FN2O. The van der Waals surface area contributed by atoms with Gasteiger partial charge in [0.1, 0.15) is 23.7 Å². The van der Waals surface area contributed by atoms with Crippen LogP contribution in [0.15, 0.2) is 48.5 Å². The first-order valence-corrected chi connectivity index (χ1v) is 5.86. The van der Waals surface area contributed by atoms with E-state index in [1.165, 1.54) is 12.1 Å². The summed E-state index contributed by atoms with van der Waals surface area (Å²) >= 11 is 0. The molecule has 4 heteroatoms. The Bertz CT molecular complexity index is 590. The smallest absolute Gasteiger partial charge is 0.138 e. The minimum Gasteiger partial charge on any atom is -0.483 e. The standard InChI is InChI=1S/C15H13FN2O/c16-13-7-5-11(6-8-13)15(10-18)19-14-4-2-1-3-12(14)9-17/h1-8,15H,10,18H2. The zero-order chi connectivity index (χ0) is 13.7. The number of nitriles is 1. The minimum absolute atomic E-state index is 0.241. The maximum atomic E-state index is 12.9. The molecule has 0 aliphatic rings. The monoisotopic (exact) mass is 256 g/mol. The highest BCUT2D eigenvalue weighted by Gasteiger charge is 2.13. The quantitative estimate of drug-likeness (QED) is 0.915. The minimum atomic E-state index is -0.407. The molecule has 1 atom stereocenters. The molecule has 0 aliphatic carbocycles. The van der Waals surface area contributed by atoms with Crippen molar-refractivity contribution >= 4 is 0 Å². The van der Waals surface area contributed by atoms with E-state index in [9.17, 15) is 4.39 Å². The molecule has 2 aromatic carbocycles. The Morgan fingerprint density at radius 3 is 2.47 bits per heavy atom. The van der Waals surface area contributed by atoms with E-state index in [2.05, 4.69) is 6.07 Å². The predicted octanol–water partition coefficient (Wildman–Crippen LogP) is 2.78. The summed E-state index contributed by atoms with van der Waals surface area (Å²) in [5, 5.41) is 9.00. The van der Waals surface area contributed by atoms with Crippen LogP contribution in [0.3, 0.4) is 0 Å². The largest absolute Gasteiger partial charge is 0.483 e. The maximum Gasteiger partial charge on any atom is 0.138 e. The fourth-order valence-electron chi connectivity index (χ4n) is 1.74. The lowest BCUT2D eigenvalue weighted by atomic mass is 10.1. The van der Waals surface area contributed by atoms with Crippen LogP contribution in [0.2, 0.25) is 0 Å². The normalized spacial score (nSPS) is 11.6. The van der Waals surface area contributed by atoms with Gasteiger partial charge in [-0.3, -0.25) is 0 Å². The number of benzene rings is 2. The zero-order valence-electron chi connectivity index (χ0n) is 10.2. The van der Waals surface area contributed by atoms with Gasteiger partial charge in [0.2, 0.25) is 0 Å². The Morgan fingerprint density at radius 1 is 1.16 bits per heavy atom. The van der Waals surface area contributed by atoms with Crippen molar-refractivity contribution in [1.29, 1.82) is 5.26 Å². The molecule has 3 nitrogen and oxygen atoms in total. The van der Waals surface area contributed by atoms with Crippen LogP contribution in [0.25, 0.3) is 0 Å². The van der Waals surface area contributed by atoms with Crippen LogP contribution in [0, 0.1) is 17.1 Å². The van der Waals surface area contributed by atoms with Crippen molar-refractivity contribution in [3.63, 3.8) is 0 Å². The van der Waals surface area contributed by atoms with E-state index >= 15 is 0 Å². The summed E-state index contributed by atoms with van der Waals surface area (Å²) in [7, 11) is 0. The molecule has 0 radical (unpaired) electrons. The summed E-state index contributed by atoms with van der Waals surface area (Å²) in [6.45, 7) is 0.241. The maximum absolute atomic E-state index is 12.9. The molecule has 2 aromatic rings.